The highest BCUT2D eigenvalue weighted by Crippen LogP contribution is 2.29. The summed E-state index contributed by atoms with van der Waals surface area (Å²) in [6, 6.07) is 12.1. The Hall–Kier alpha value is -1.55. The minimum Gasteiger partial charge on any atom is -0.382 e. The molecule has 0 unspecified atom stereocenters. The lowest BCUT2D eigenvalue weighted by molar-refractivity contribution is 0.483. The lowest BCUT2D eigenvalue weighted by Gasteiger charge is -2.11. The molecule has 0 amide bonds. The van der Waals surface area contributed by atoms with Gasteiger partial charge in [0, 0.05) is 5.39 Å². The number of fused-ring (bicyclic) bond motifs is 1. The van der Waals surface area contributed by atoms with Gasteiger partial charge in [0.2, 0.25) is 0 Å². The molecule has 216 valence electrons. The van der Waals surface area contributed by atoms with Crippen molar-refractivity contribution in [1.82, 2.24) is 0 Å². The van der Waals surface area contributed by atoms with Crippen molar-refractivity contribution in [3.05, 3.63) is 42.0 Å². The van der Waals surface area contributed by atoms with E-state index >= 15 is 0 Å². The first-order valence-corrected chi connectivity index (χ1v) is 17.6. The molecule has 0 radical (unpaired) electrons. The fourth-order valence-corrected chi connectivity index (χ4v) is 6.34. The molecule has 0 fully saturated rings. The smallest absolute Gasteiger partial charge is 0.309 e. The summed E-state index contributed by atoms with van der Waals surface area (Å²) in [6.45, 7) is 4.51. The Morgan fingerprint density at radius 2 is 1.08 bits per heavy atom. The van der Waals surface area contributed by atoms with Gasteiger partial charge in [-0.2, -0.15) is 8.42 Å². The molecule has 0 atom stereocenters. The molecule has 0 saturated carbocycles. The van der Waals surface area contributed by atoms with Gasteiger partial charge in [-0.25, -0.2) is 0 Å². The highest BCUT2D eigenvalue weighted by atomic mass is 32.2. The highest BCUT2D eigenvalue weighted by molar-refractivity contribution is 7.87. The van der Waals surface area contributed by atoms with E-state index < -0.39 is 10.1 Å². The summed E-state index contributed by atoms with van der Waals surface area (Å²) in [5, 5.41) is 1.94. The van der Waals surface area contributed by atoms with Crippen molar-refractivity contribution in [2.75, 3.05) is 5.75 Å². The van der Waals surface area contributed by atoms with E-state index in [4.69, 9.17) is 4.18 Å². The van der Waals surface area contributed by atoms with Gasteiger partial charge in [-0.15, -0.1) is 0 Å². The number of unbranched alkanes of at least 4 members (excludes halogenated alkanes) is 18. The molecule has 0 aliphatic heterocycles. The van der Waals surface area contributed by atoms with Gasteiger partial charge in [-0.05, 0) is 42.3 Å². The summed E-state index contributed by atoms with van der Waals surface area (Å²) in [7, 11) is -3.58. The lowest BCUT2D eigenvalue weighted by Crippen LogP contribution is -2.14. The molecule has 4 heteroatoms. The Balaban J connectivity index is 1.71. The normalized spacial score (nSPS) is 11.8. The highest BCUT2D eigenvalue weighted by Gasteiger charge is 2.15. The summed E-state index contributed by atoms with van der Waals surface area (Å²) in [4.78, 5) is 0. The Morgan fingerprint density at radius 3 is 1.63 bits per heavy atom. The average Bonchev–Trinajstić information content (AvgIpc) is 2.91. The predicted octanol–water partition coefficient (Wildman–Crippen LogP) is 10.9. The quantitative estimate of drug-likeness (QED) is 0.0975. The molecular weight excluding hydrogens is 488 g/mol. The summed E-state index contributed by atoms with van der Waals surface area (Å²) >= 11 is 0. The maximum absolute atomic E-state index is 12.7. The second-order valence-electron chi connectivity index (χ2n) is 11.3. The largest absolute Gasteiger partial charge is 0.382 e. The molecule has 0 N–H and O–H groups in total. The molecule has 0 aliphatic rings. The SMILES string of the molecule is CCCCCCCCCCCCc1ccc2cccc(OS(=O)(=O)CCCCCCCCCCCC)c2c1. The van der Waals surface area contributed by atoms with Crippen molar-refractivity contribution < 1.29 is 12.6 Å². The molecule has 0 aliphatic carbocycles. The van der Waals surface area contributed by atoms with E-state index in [9.17, 15) is 8.42 Å². The monoisotopic (exact) mass is 544 g/mol. The van der Waals surface area contributed by atoms with Crippen molar-refractivity contribution in [3.8, 4) is 5.75 Å². The van der Waals surface area contributed by atoms with Crippen LogP contribution in [0.5, 0.6) is 5.75 Å². The number of hydrogen-bond donors (Lipinski definition) is 0. The van der Waals surface area contributed by atoms with Crippen LogP contribution in [0.25, 0.3) is 10.8 Å². The van der Waals surface area contributed by atoms with Gasteiger partial charge >= 0.3 is 10.1 Å². The Morgan fingerprint density at radius 1 is 0.579 bits per heavy atom. The zero-order valence-corrected chi connectivity index (χ0v) is 25.5. The van der Waals surface area contributed by atoms with Gasteiger partial charge in [-0.3, -0.25) is 0 Å². The Labute approximate surface area is 235 Å². The number of rotatable bonds is 24. The van der Waals surface area contributed by atoms with Crippen LogP contribution in [0, 0.1) is 0 Å². The zero-order valence-electron chi connectivity index (χ0n) is 24.7. The molecule has 0 bridgehead atoms. The van der Waals surface area contributed by atoms with Crippen LogP contribution >= 0.6 is 0 Å². The van der Waals surface area contributed by atoms with Crippen LogP contribution in [0.15, 0.2) is 36.4 Å². The minimum absolute atomic E-state index is 0.0954. The second kappa shape index (κ2) is 20.4. The van der Waals surface area contributed by atoms with E-state index in [0.717, 1.165) is 30.0 Å². The van der Waals surface area contributed by atoms with Crippen LogP contribution in [-0.2, 0) is 16.5 Å². The average molecular weight is 545 g/mol. The van der Waals surface area contributed by atoms with Crippen LogP contribution in [0.3, 0.4) is 0 Å². The fourth-order valence-electron chi connectivity index (χ4n) is 5.28. The fraction of sp³-hybridized carbons (Fsp3) is 0.706. The molecule has 3 nitrogen and oxygen atoms in total. The maximum atomic E-state index is 12.7. The molecule has 2 aromatic rings. The molecule has 0 aromatic heterocycles. The van der Waals surface area contributed by atoms with Crippen molar-refractivity contribution in [2.24, 2.45) is 0 Å². The summed E-state index contributed by atoms with van der Waals surface area (Å²) in [5.74, 6) is 0.567. The Bertz CT molecular complexity index is 967. The van der Waals surface area contributed by atoms with Gasteiger partial charge in [0.05, 0.1) is 5.75 Å². The Kier molecular flexibility index (Phi) is 17.5. The van der Waals surface area contributed by atoms with Crippen LogP contribution in [0.2, 0.25) is 0 Å². The molecule has 0 heterocycles. The zero-order chi connectivity index (χ0) is 27.3. The van der Waals surface area contributed by atoms with Gasteiger partial charge < -0.3 is 4.18 Å². The molecule has 2 rings (SSSR count). The van der Waals surface area contributed by atoms with Crippen LogP contribution in [0.1, 0.15) is 148 Å². The van der Waals surface area contributed by atoms with Crippen LogP contribution < -0.4 is 4.18 Å². The predicted molar refractivity (Wildman–Crippen MR) is 166 cm³/mol. The summed E-state index contributed by atoms with van der Waals surface area (Å²) < 4.78 is 31.1. The number of aryl methyl sites for hydroxylation is 1. The summed E-state index contributed by atoms with van der Waals surface area (Å²) in [6.07, 6.45) is 26.2. The van der Waals surface area contributed by atoms with Crippen molar-refractivity contribution in [3.63, 3.8) is 0 Å². The molecule has 0 spiro atoms. The first-order valence-electron chi connectivity index (χ1n) is 16.0. The van der Waals surface area contributed by atoms with Crippen LogP contribution in [-0.4, -0.2) is 14.2 Å². The van der Waals surface area contributed by atoms with E-state index in [2.05, 4.69) is 32.0 Å². The van der Waals surface area contributed by atoms with Gasteiger partial charge in [0.25, 0.3) is 0 Å². The van der Waals surface area contributed by atoms with E-state index in [1.165, 1.54) is 115 Å². The van der Waals surface area contributed by atoms with Gasteiger partial charge in [0.1, 0.15) is 5.75 Å². The number of hydrogen-bond acceptors (Lipinski definition) is 3. The third-order valence-electron chi connectivity index (χ3n) is 7.69. The standard InChI is InChI=1S/C34H56O3S/c1-3-5-7-9-11-13-15-17-19-21-24-31-27-28-32-25-23-26-34(33(32)30-31)37-38(35,36)29-22-20-18-16-14-12-10-8-6-4-2/h23,25-28,30H,3-22,24,29H2,1-2H3. The van der Waals surface area contributed by atoms with Crippen LogP contribution in [0.4, 0.5) is 0 Å². The van der Waals surface area contributed by atoms with Crippen molar-refractivity contribution >= 4 is 20.9 Å². The topological polar surface area (TPSA) is 43.4 Å². The van der Waals surface area contributed by atoms with Crippen molar-refractivity contribution in [1.29, 1.82) is 0 Å². The van der Waals surface area contributed by atoms with E-state index in [1.807, 2.05) is 12.1 Å². The third-order valence-corrected chi connectivity index (χ3v) is 8.91. The van der Waals surface area contributed by atoms with E-state index in [0.29, 0.717) is 12.2 Å². The minimum atomic E-state index is -3.58. The molecule has 38 heavy (non-hydrogen) atoms. The first kappa shape index (κ1) is 32.7. The maximum Gasteiger partial charge on any atom is 0.309 e. The summed E-state index contributed by atoms with van der Waals surface area (Å²) in [5.41, 5.74) is 1.26. The molecular formula is C34H56O3S. The second-order valence-corrected chi connectivity index (χ2v) is 13.0. The molecule has 2 aromatic carbocycles. The first-order chi connectivity index (χ1) is 18.6. The van der Waals surface area contributed by atoms with E-state index in [-0.39, 0.29) is 5.75 Å². The van der Waals surface area contributed by atoms with E-state index in [1.54, 1.807) is 6.07 Å². The van der Waals surface area contributed by atoms with Gasteiger partial charge in [0.15, 0.2) is 0 Å². The van der Waals surface area contributed by atoms with Crippen molar-refractivity contribution in [2.45, 2.75) is 149 Å². The lowest BCUT2D eigenvalue weighted by atomic mass is 10.0. The van der Waals surface area contributed by atoms with Gasteiger partial charge in [-0.1, -0.05) is 154 Å². The number of benzene rings is 2. The molecule has 0 saturated heterocycles. The third kappa shape index (κ3) is 14.6.